The highest BCUT2D eigenvalue weighted by Crippen LogP contribution is 2.46. The van der Waals surface area contributed by atoms with Gasteiger partial charge in [-0.15, -0.1) is 17.7 Å². The maximum atomic E-state index is 4.41. The molecule has 0 bridgehead atoms. The molecule has 2 heteroatoms. The van der Waals surface area contributed by atoms with Crippen molar-refractivity contribution in [3.63, 3.8) is 0 Å². The summed E-state index contributed by atoms with van der Waals surface area (Å²) in [4.78, 5) is 1.33. The Morgan fingerprint density at radius 3 is 2.44 bits per heavy atom. The van der Waals surface area contributed by atoms with Crippen molar-refractivity contribution in [2.75, 3.05) is 0 Å². The first-order valence-corrected chi connectivity index (χ1v) is 12.3. The minimum absolute atomic E-state index is 0.0503. The zero-order chi connectivity index (χ0) is 22.8. The van der Waals surface area contributed by atoms with Crippen LogP contribution >= 0.6 is 11.3 Å². The molecule has 1 nitrogen and oxygen atoms in total. The molecule has 0 atom stereocenters. The van der Waals surface area contributed by atoms with Gasteiger partial charge in [0.2, 0.25) is 0 Å². The number of fused-ring (bicyclic) bond motifs is 4. The van der Waals surface area contributed by atoms with Gasteiger partial charge in [-0.2, -0.15) is 0 Å². The first-order chi connectivity index (χ1) is 15.2. The van der Waals surface area contributed by atoms with Crippen molar-refractivity contribution in [3.05, 3.63) is 93.0 Å². The molecule has 0 radical (unpaired) electrons. The minimum Gasteiger partial charge on any atom is -0.257 e. The van der Waals surface area contributed by atoms with E-state index in [1.165, 1.54) is 65.2 Å². The molecule has 0 spiro atoms. The molecule has 32 heavy (non-hydrogen) atoms. The van der Waals surface area contributed by atoms with Gasteiger partial charge < -0.3 is 0 Å². The average Bonchev–Trinajstić information content (AvgIpc) is 3.14. The topological polar surface area (TPSA) is 3.01 Å². The Bertz CT molecular complexity index is 1430. The van der Waals surface area contributed by atoms with E-state index in [2.05, 4.69) is 108 Å². The van der Waals surface area contributed by atoms with Gasteiger partial charge in [0.1, 0.15) is 17.5 Å². The molecule has 0 aliphatic carbocycles. The lowest BCUT2D eigenvalue weighted by Gasteiger charge is -2.28. The van der Waals surface area contributed by atoms with E-state index >= 15 is 0 Å². The summed E-state index contributed by atoms with van der Waals surface area (Å²) in [5.74, 6) is 0. The van der Waals surface area contributed by atoms with Gasteiger partial charge in [-0.25, -0.2) is 0 Å². The smallest absolute Gasteiger partial charge is 0.197 e. The number of aryl methyl sites for hydroxylation is 3. The van der Waals surface area contributed by atoms with E-state index in [4.69, 9.17) is 0 Å². The maximum absolute atomic E-state index is 4.41. The lowest BCUT2D eigenvalue weighted by atomic mass is 9.79. The highest BCUT2D eigenvalue weighted by atomic mass is 32.1. The molecule has 0 saturated carbocycles. The molecule has 0 amide bonds. The van der Waals surface area contributed by atoms with Crippen LogP contribution in [0.25, 0.3) is 26.9 Å². The van der Waals surface area contributed by atoms with Crippen LogP contribution in [0.2, 0.25) is 0 Å². The number of hydrogen-bond donors (Lipinski definition) is 0. The quantitative estimate of drug-likeness (QED) is 0.169. The summed E-state index contributed by atoms with van der Waals surface area (Å²) in [6.07, 6.45) is 5.42. The highest BCUT2D eigenvalue weighted by molar-refractivity contribution is 7.20. The molecule has 0 saturated heterocycles. The minimum atomic E-state index is 0.0503. The van der Waals surface area contributed by atoms with Crippen LogP contribution in [0.15, 0.2) is 48.7 Å². The van der Waals surface area contributed by atoms with Crippen LogP contribution < -0.4 is 0 Å². The average molecular weight is 438 g/mol. The van der Waals surface area contributed by atoms with Crippen LogP contribution in [-0.2, 0) is 11.8 Å². The molecule has 1 aliphatic rings. The van der Waals surface area contributed by atoms with Gasteiger partial charge in [0, 0.05) is 0 Å². The Morgan fingerprint density at radius 2 is 1.75 bits per heavy atom. The molecular formula is C30H31NS. The summed E-state index contributed by atoms with van der Waals surface area (Å²) in [6.45, 7) is 18.1. The third-order valence-corrected chi connectivity index (χ3v) is 8.29. The van der Waals surface area contributed by atoms with Gasteiger partial charge in [-0.05, 0) is 45.9 Å². The standard InChI is InChI=1S/C30H31NS/c1-8-20-13-14-23-24-15-16-31(7)27(29(24)32-28(23)18(20)2)25-17-26(30(4,5)6)22-12-10-9-11-21(22)19(25)3/h9-17H,7-8H2,1-6H3. The third kappa shape index (κ3) is 3.04. The van der Waals surface area contributed by atoms with E-state index in [0.717, 1.165) is 6.42 Å². The molecule has 162 valence electrons. The molecule has 5 rings (SSSR count). The van der Waals surface area contributed by atoms with Gasteiger partial charge >= 0.3 is 0 Å². The Morgan fingerprint density at radius 1 is 1.03 bits per heavy atom. The van der Waals surface area contributed by atoms with Crippen molar-refractivity contribution in [1.82, 2.24) is 0 Å². The fraction of sp³-hybridized carbons (Fsp3) is 0.267. The van der Waals surface area contributed by atoms with Crippen molar-refractivity contribution >= 4 is 45.0 Å². The van der Waals surface area contributed by atoms with Crippen LogP contribution in [0, 0.1) is 19.9 Å². The number of rotatable bonds is 2. The van der Waals surface area contributed by atoms with Crippen LogP contribution in [0.3, 0.4) is 0 Å². The van der Waals surface area contributed by atoms with Gasteiger partial charge in [0.05, 0.1) is 6.72 Å². The van der Waals surface area contributed by atoms with Crippen molar-refractivity contribution in [3.8, 4) is 0 Å². The van der Waals surface area contributed by atoms with Gasteiger partial charge in [-0.1, -0.05) is 87.9 Å². The van der Waals surface area contributed by atoms with E-state index in [0.29, 0.717) is 0 Å². The highest BCUT2D eigenvalue weighted by Gasteiger charge is 2.34. The zero-order valence-electron chi connectivity index (χ0n) is 20.0. The largest absolute Gasteiger partial charge is 0.257 e. The number of benzene rings is 3. The second-order valence-electron chi connectivity index (χ2n) is 9.95. The zero-order valence-corrected chi connectivity index (χ0v) is 20.8. The predicted octanol–water partition coefficient (Wildman–Crippen LogP) is 8.16. The van der Waals surface area contributed by atoms with E-state index in [1.54, 1.807) is 0 Å². The summed E-state index contributed by atoms with van der Waals surface area (Å²) in [5.41, 5.74) is 8.22. The second-order valence-corrected chi connectivity index (χ2v) is 11.0. The molecule has 2 heterocycles. The summed E-state index contributed by atoms with van der Waals surface area (Å²) in [5, 5.41) is 4.04. The monoisotopic (exact) mass is 437 g/mol. The molecule has 0 N–H and O–H groups in total. The predicted molar refractivity (Wildman–Crippen MR) is 141 cm³/mol. The fourth-order valence-electron chi connectivity index (χ4n) is 5.11. The summed E-state index contributed by atoms with van der Waals surface area (Å²) < 4.78 is 3.47. The third-order valence-electron chi connectivity index (χ3n) is 6.94. The van der Waals surface area contributed by atoms with Crippen molar-refractivity contribution in [2.24, 2.45) is 0 Å². The Kier molecular flexibility index (Phi) is 4.83. The van der Waals surface area contributed by atoms with E-state index in [-0.39, 0.29) is 5.41 Å². The van der Waals surface area contributed by atoms with Crippen molar-refractivity contribution in [1.29, 1.82) is 0 Å². The maximum Gasteiger partial charge on any atom is 0.197 e. The fourth-order valence-corrected chi connectivity index (χ4v) is 6.50. The number of hydrogen-bond acceptors (Lipinski definition) is 0. The molecule has 0 unspecified atom stereocenters. The lowest BCUT2D eigenvalue weighted by molar-refractivity contribution is -0.417. The summed E-state index contributed by atoms with van der Waals surface area (Å²) >= 11 is 1.92. The molecule has 0 fully saturated rings. The normalized spacial score (nSPS) is 13.9. The molecular weight excluding hydrogens is 406 g/mol. The molecule has 1 aromatic heterocycles. The Hall–Kier alpha value is -2.84. The first-order valence-electron chi connectivity index (χ1n) is 11.5. The van der Waals surface area contributed by atoms with E-state index in [9.17, 15) is 0 Å². The Labute approximate surface area is 195 Å². The number of nitrogens with zero attached hydrogens (tertiary/aromatic N) is 1. The van der Waals surface area contributed by atoms with Gasteiger partial charge in [0.15, 0.2) is 15.6 Å². The molecule has 3 aromatic carbocycles. The van der Waals surface area contributed by atoms with Crippen LogP contribution in [0.4, 0.5) is 0 Å². The van der Waals surface area contributed by atoms with E-state index in [1.807, 2.05) is 11.3 Å². The van der Waals surface area contributed by atoms with Gasteiger partial charge in [-0.3, -0.25) is 4.58 Å². The number of thiophene rings is 1. The summed E-state index contributed by atoms with van der Waals surface area (Å²) in [7, 11) is 0. The van der Waals surface area contributed by atoms with E-state index < -0.39 is 0 Å². The van der Waals surface area contributed by atoms with Crippen LogP contribution in [-0.4, -0.2) is 11.3 Å². The van der Waals surface area contributed by atoms with Crippen molar-refractivity contribution < 1.29 is 4.58 Å². The second kappa shape index (κ2) is 7.35. The lowest BCUT2D eigenvalue weighted by Crippen LogP contribution is -2.20. The SMILES string of the molecule is C=[N+]1C=Cc2c([s+][c-]3c(C)c(CC)ccc23)[C-]1c1cc(C(C)(C)C)c2ccccc2c1C. The van der Waals surface area contributed by atoms with Gasteiger partial charge in [0.25, 0.3) is 0 Å². The molecule has 1 aliphatic heterocycles. The molecule has 4 aromatic rings. The summed E-state index contributed by atoms with van der Waals surface area (Å²) in [6, 6.07) is 17.1. The Balaban J connectivity index is 1.83. The van der Waals surface area contributed by atoms with Crippen LogP contribution in [0.1, 0.15) is 66.0 Å². The van der Waals surface area contributed by atoms with Crippen molar-refractivity contribution in [2.45, 2.75) is 53.4 Å². The van der Waals surface area contributed by atoms with Crippen LogP contribution in [0.5, 0.6) is 0 Å². The first kappa shape index (κ1) is 21.0.